The zero-order chi connectivity index (χ0) is 26.4. The molecule has 0 saturated carbocycles. The second-order valence-electron chi connectivity index (χ2n) is 8.70. The number of ether oxygens (including phenoxy) is 1. The Morgan fingerprint density at radius 3 is 2.16 bits per heavy atom. The molecular weight excluding hydrogens is 487 g/mol. The Kier molecular flexibility index (Phi) is 8.48. The quantitative estimate of drug-likeness (QED) is 0.156. The van der Waals surface area contributed by atoms with E-state index in [1.54, 1.807) is 12.1 Å². The summed E-state index contributed by atoms with van der Waals surface area (Å²) in [7, 11) is 0. The minimum Gasteiger partial charge on any atom is -0.429 e. The van der Waals surface area contributed by atoms with E-state index in [1.165, 1.54) is 0 Å². The van der Waals surface area contributed by atoms with Gasteiger partial charge in [-0.3, -0.25) is 0 Å². The summed E-state index contributed by atoms with van der Waals surface area (Å²) >= 11 is 0. The van der Waals surface area contributed by atoms with Gasteiger partial charge in [-0.15, -0.1) is 6.58 Å². The van der Waals surface area contributed by atoms with E-state index in [2.05, 4.69) is 21.3 Å². The summed E-state index contributed by atoms with van der Waals surface area (Å²) in [6.45, 7) is 0.374. The molecule has 4 rings (SSSR count). The van der Waals surface area contributed by atoms with E-state index in [0.29, 0.717) is 23.8 Å². The van der Waals surface area contributed by atoms with Crippen molar-refractivity contribution in [2.75, 3.05) is 0 Å². The van der Waals surface area contributed by atoms with Gasteiger partial charge in [0.25, 0.3) is 0 Å². The number of alkyl halides is 2. The summed E-state index contributed by atoms with van der Waals surface area (Å²) in [4.78, 5) is 8.83. The second kappa shape index (κ2) is 12.0. The number of allylic oxidation sites excluding steroid dienone is 1. The van der Waals surface area contributed by atoms with Gasteiger partial charge in [0.15, 0.2) is 17.4 Å². The van der Waals surface area contributed by atoms with Crippen molar-refractivity contribution < 1.29 is 26.7 Å². The Bertz CT molecular complexity index is 1370. The van der Waals surface area contributed by atoms with Crippen molar-refractivity contribution >= 4 is 10.8 Å². The van der Waals surface area contributed by atoms with Crippen LogP contribution < -0.4 is 4.74 Å². The molecule has 0 bridgehead atoms. The Balaban J connectivity index is 1.41. The van der Waals surface area contributed by atoms with E-state index in [-0.39, 0.29) is 18.4 Å². The lowest BCUT2D eigenvalue weighted by Crippen LogP contribution is -2.06. The molecule has 0 N–H and O–H groups in total. The molecule has 0 aliphatic rings. The van der Waals surface area contributed by atoms with Crippen molar-refractivity contribution in [1.29, 1.82) is 0 Å². The number of aryl methyl sites for hydroxylation is 5. The second-order valence-corrected chi connectivity index (χ2v) is 8.70. The zero-order valence-corrected chi connectivity index (χ0v) is 20.0. The molecule has 4 aromatic rings. The smallest absolute Gasteiger partial charge is 0.387 e. The van der Waals surface area contributed by atoms with Crippen LogP contribution >= 0.6 is 0 Å². The molecule has 0 radical (unpaired) electrons. The number of fused-ring (bicyclic) bond motifs is 1. The van der Waals surface area contributed by atoms with Crippen LogP contribution in [0.5, 0.6) is 5.75 Å². The topological polar surface area (TPSA) is 35.0 Å². The van der Waals surface area contributed by atoms with Gasteiger partial charge in [0, 0.05) is 24.2 Å². The predicted molar refractivity (Wildman–Crippen MR) is 132 cm³/mol. The minimum absolute atomic E-state index is 0.121. The number of aromatic nitrogens is 2. The number of rotatable bonds is 11. The maximum Gasteiger partial charge on any atom is 0.387 e. The van der Waals surface area contributed by atoms with E-state index in [1.807, 2.05) is 36.7 Å². The van der Waals surface area contributed by atoms with Gasteiger partial charge in [-0.2, -0.15) is 8.78 Å². The number of benzene rings is 3. The van der Waals surface area contributed by atoms with Crippen LogP contribution in [-0.2, 0) is 32.1 Å². The molecule has 192 valence electrons. The summed E-state index contributed by atoms with van der Waals surface area (Å²) in [5.74, 6) is -3.24. The Hall–Kier alpha value is -3.81. The largest absolute Gasteiger partial charge is 0.429 e. The van der Waals surface area contributed by atoms with Crippen molar-refractivity contribution in [3.8, 4) is 5.75 Å². The van der Waals surface area contributed by atoms with Crippen LogP contribution in [0.2, 0.25) is 0 Å². The highest BCUT2D eigenvalue weighted by atomic mass is 19.3. The third-order valence-corrected chi connectivity index (χ3v) is 6.08. The van der Waals surface area contributed by atoms with E-state index in [4.69, 9.17) is 0 Å². The predicted octanol–water partition coefficient (Wildman–Crippen LogP) is 7.34. The van der Waals surface area contributed by atoms with Gasteiger partial charge in [0.1, 0.15) is 11.6 Å². The average molecular weight is 513 g/mol. The summed E-state index contributed by atoms with van der Waals surface area (Å²) < 4.78 is 71.6. The highest BCUT2D eigenvalue weighted by Gasteiger charge is 2.17. The van der Waals surface area contributed by atoms with Gasteiger partial charge in [0.05, 0.1) is 0 Å². The van der Waals surface area contributed by atoms with Gasteiger partial charge in [0.2, 0.25) is 0 Å². The maximum absolute atomic E-state index is 15.2. The molecule has 0 atom stereocenters. The first kappa shape index (κ1) is 26.3. The van der Waals surface area contributed by atoms with Crippen molar-refractivity contribution in [3.05, 3.63) is 113 Å². The number of hydrogen-bond acceptors (Lipinski definition) is 3. The normalized spacial score (nSPS) is 11.3. The van der Waals surface area contributed by atoms with Gasteiger partial charge < -0.3 is 4.74 Å². The molecule has 0 aliphatic heterocycles. The summed E-state index contributed by atoms with van der Waals surface area (Å²) in [6.07, 6.45) is 8.91. The van der Waals surface area contributed by atoms with Crippen molar-refractivity contribution in [2.24, 2.45) is 0 Å². The Morgan fingerprint density at radius 1 is 0.784 bits per heavy atom. The lowest BCUT2D eigenvalue weighted by atomic mass is 9.98. The van der Waals surface area contributed by atoms with Crippen molar-refractivity contribution in [3.63, 3.8) is 0 Å². The monoisotopic (exact) mass is 512 g/mol. The van der Waals surface area contributed by atoms with Crippen LogP contribution in [0.1, 0.15) is 34.5 Å². The van der Waals surface area contributed by atoms with Crippen molar-refractivity contribution in [1.82, 2.24) is 9.97 Å². The fraction of sp³-hybridized carbons (Fsp3) is 0.241. The lowest BCUT2D eigenvalue weighted by Gasteiger charge is -2.11. The lowest BCUT2D eigenvalue weighted by molar-refractivity contribution is -0.0546. The molecule has 0 amide bonds. The molecule has 1 heterocycles. The molecule has 3 nitrogen and oxygen atoms in total. The summed E-state index contributed by atoms with van der Waals surface area (Å²) in [5.41, 5.74) is 2.69. The molecule has 3 aromatic carbocycles. The third-order valence-electron chi connectivity index (χ3n) is 6.08. The molecule has 37 heavy (non-hydrogen) atoms. The number of hydrogen-bond donors (Lipinski definition) is 0. The first-order valence-electron chi connectivity index (χ1n) is 11.9. The maximum atomic E-state index is 15.2. The van der Waals surface area contributed by atoms with Gasteiger partial charge in [-0.05, 0) is 71.9 Å². The molecule has 0 unspecified atom stereocenters. The Morgan fingerprint density at radius 2 is 1.49 bits per heavy atom. The summed E-state index contributed by atoms with van der Waals surface area (Å²) in [5, 5.41) is 1.19. The van der Waals surface area contributed by atoms with Gasteiger partial charge in [-0.1, -0.05) is 36.4 Å². The molecular formula is C29H25F5N2O. The highest BCUT2D eigenvalue weighted by molar-refractivity contribution is 5.84. The van der Waals surface area contributed by atoms with E-state index >= 15 is 4.39 Å². The fourth-order valence-corrected chi connectivity index (χ4v) is 4.14. The molecule has 8 heteroatoms. The van der Waals surface area contributed by atoms with Crippen LogP contribution in [0, 0.1) is 17.5 Å². The molecule has 0 fully saturated rings. The fourth-order valence-electron chi connectivity index (χ4n) is 4.14. The average Bonchev–Trinajstić information content (AvgIpc) is 2.88. The van der Waals surface area contributed by atoms with E-state index in [0.717, 1.165) is 47.3 Å². The minimum atomic E-state index is -3.34. The molecule has 0 saturated heterocycles. The van der Waals surface area contributed by atoms with Crippen molar-refractivity contribution in [2.45, 2.75) is 45.1 Å². The number of nitrogens with zero attached hydrogens (tertiary/aromatic N) is 2. The molecule has 0 spiro atoms. The first-order valence-corrected chi connectivity index (χ1v) is 11.9. The third kappa shape index (κ3) is 6.70. The van der Waals surface area contributed by atoms with Crippen LogP contribution in [0.25, 0.3) is 10.8 Å². The van der Waals surface area contributed by atoms with E-state index in [9.17, 15) is 17.6 Å². The van der Waals surface area contributed by atoms with Gasteiger partial charge >= 0.3 is 6.61 Å². The SMILES string of the molecule is C=CCCc1cnc(CCc2ccc3c(F)c(CCc4cc(F)c(OC(F)F)c(F)c4)ccc3c2)nc1. The van der Waals surface area contributed by atoms with Crippen LogP contribution in [0.15, 0.2) is 67.5 Å². The highest BCUT2D eigenvalue weighted by Crippen LogP contribution is 2.27. The standard InChI is InChI=1S/C29H25F5N2O/c1-2-3-4-20-16-35-26(36-17-20)12-7-18-6-11-23-22(13-18)10-9-21(27(23)32)8-5-19-14-24(30)28(25(31)15-19)37-29(33)34/h2,6,9-11,13-17,29H,1,3-5,7-8,12H2. The van der Waals surface area contributed by atoms with Gasteiger partial charge in [-0.25, -0.2) is 23.1 Å². The van der Waals surface area contributed by atoms with Crippen LogP contribution in [-0.4, -0.2) is 16.6 Å². The van der Waals surface area contributed by atoms with E-state index < -0.39 is 29.8 Å². The first-order chi connectivity index (χ1) is 17.8. The summed E-state index contributed by atoms with van der Waals surface area (Å²) in [6, 6.07) is 10.8. The molecule has 1 aromatic heterocycles. The molecule has 0 aliphatic carbocycles. The zero-order valence-electron chi connectivity index (χ0n) is 20.0. The van der Waals surface area contributed by atoms with Crippen LogP contribution in [0.3, 0.4) is 0 Å². The Labute approximate surface area is 211 Å². The number of halogens is 5. The van der Waals surface area contributed by atoms with Crippen LogP contribution in [0.4, 0.5) is 22.0 Å².